The van der Waals surface area contributed by atoms with Gasteiger partial charge in [-0.15, -0.1) is 11.3 Å². The fraction of sp³-hybridized carbons (Fsp3) is 0.0612. The van der Waals surface area contributed by atoms with E-state index in [4.69, 9.17) is 0 Å². The highest BCUT2D eigenvalue weighted by Crippen LogP contribution is 2.52. The number of thiophene rings is 1. The molecule has 1 aliphatic carbocycles. The first kappa shape index (κ1) is 29.9. The highest BCUT2D eigenvalue weighted by Gasteiger charge is 2.36. The van der Waals surface area contributed by atoms with Gasteiger partial charge < -0.3 is 4.90 Å². The van der Waals surface area contributed by atoms with Gasteiger partial charge in [0.1, 0.15) is 0 Å². The summed E-state index contributed by atoms with van der Waals surface area (Å²) in [4.78, 5) is 2.43. The van der Waals surface area contributed by atoms with Crippen LogP contribution < -0.4 is 4.90 Å². The van der Waals surface area contributed by atoms with Crippen LogP contribution in [0.2, 0.25) is 0 Å². The molecule has 1 nitrogen and oxygen atoms in total. The minimum atomic E-state index is -0.169. The zero-order valence-electron chi connectivity index (χ0n) is 28.6. The SMILES string of the molecule is CC1(C)c2cc(-c3ccc4sc5ccccc5c4c3)ccc2-c2ccc(N(c3ccc(-c4ccccc4)cc3)c3cccc4ccccc34)cc21. The molecular formula is C49H35NS. The molecule has 9 aromatic rings. The third kappa shape index (κ3) is 4.82. The number of benzene rings is 8. The predicted molar refractivity (Wildman–Crippen MR) is 220 cm³/mol. The molecule has 0 saturated heterocycles. The molecule has 0 unspecified atom stereocenters. The Balaban J connectivity index is 1.08. The average molecular weight is 670 g/mol. The van der Waals surface area contributed by atoms with Gasteiger partial charge in [-0.1, -0.05) is 135 Å². The van der Waals surface area contributed by atoms with E-state index in [2.05, 4.69) is 195 Å². The second-order valence-corrected chi connectivity index (χ2v) is 15.3. The summed E-state index contributed by atoms with van der Waals surface area (Å²) in [6, 6.07) is 64.9. The van der Waals surface area contributed by atoms with E-state index in [1.54, 1.807) is 0 Å². The van der Waals surface area contributed by atoms with Crippen LogP contribution in [0.1, 0.15) is 25.0 Å². The van der Waals surface area contributed by atoms with E-state index >= 15 is 0 Å². The minimum Gasteiger partial charge on any atom is -0.310 e. The summed E-state index contributed by atoms with van der Waals surface area (Å²) >= 11 is 1.87. The Morgan fingerprint density at radius 1 is 0.412 bits per heavy atom. The lowest BCUT2D eigenvalue weighted by molar-refractivity contribution is 0.660. The van der Waals surface area contributed by atoms with Crippen LogP contribution in [-0.4, -0.2) is 0 Å². The summed E-state index contributed by atoms with van der Waals surface area (Å²) in [6.45, 7) is 4.77. The number of fused-ring (bicyclic) bond motifs is 7. The largest absolute Gasteiger partial charge is 0.310 e. The Morgan fingerprint density at radius 3 is 1.84 bits per heavy atom. The number of hydrogen-bond acceptors (Lipinski definition) is 2. The minimum absolute atomic E-state index is 0.169. The van der Waals surface area contributed by atoms with E-state index in [1.165, 1.54) is 81.1 Å². The van der Waals surface area contributed by atoms with Gasteiger partial charge in [0, 0.05) is 42.3 Å². The molecular weight excluding hydrogens is 635 g/mol. The highest BCUT2D eigenvalue weighted by atomic mass is 32.1. The zero-order valence-corrected chi connectivity index (χ0v) is 29.4. The summed E-state index contributed by atoms with van der Waals surface area (Å²) in [5.74, 6) is 0. The van der Waals surface area contributed by atoms with Crippen molar-refractivity contribution in [1.29, 1.82) is 0 Å². The predicted octanol–water partition coefficient (Wildman–Crippen LogP) is 14.3. The van der Waals surface area contributed by atoms with Gasteiger partial charge in [-0.05, 0) is 104 Å². The van der Waals surface area contributed by atoms with Gasteiger partial charge in [0.15, 0.2) is 0 Å². The maximum Gasteiger partial charge on any atom is 0.0540 e. The summed E-state index contributed by atoms with van der Waals surface area (Å²) < 4.78 is 2.68. The Morgan fingerprint density at radius 2 is 1.00 bits per heavy atom. The van der Waals surface area contributed by atoms with Crippen LogP contribution in [0.25, 0.3) is 64.3 Å². The molecule has 1 heterocycles. The van der Waals surface area contributed by atoms with Gasteiger partial charge in [0.25, 0.3) is 0 Å². The molecule has 2 heteroatoms. The molecule has 0 aliphatic heterocycles. The molecule has 242 valence electrons. The second kappa shape index (κ2) is 11.6. The Hall–Kier alpha value is -5.96. The standard InChI is InChI=1S/C49H35NS/c1-49(2)44-30-36(35-22-28-48-43(29-35)42-16-8-9-18-47(42)51-48)21-26-40(44)41-27-25-38(31-45(41)49)50(46-17-10-14-34-13-6-7-15-39(34)46)37-23-19-33(20-24-37)32-11-4-3-5-12-32/h3-31H,1-2H3. The maximum atomic E-state index is 2.44. The van der Waals surface area contributed by atoms with Crippen molar-refractivity contribution in [3.8, 4) is 33.4 Å². The number of hydrogen-bond donors (Lipinski definition) is 0. The fourth-order valence-electron chi connectivity index (χ4n) is 8.21. The lowest BCUT2D eigenvalue weighted by atomic mass is 9.81. The lowest BCUT2D eigenvalue weighted by Gasteiger charge is -2.29. The molecule has 8 aromatic carbocycles. The normalized spacial score (nSPS) is 13.1. The molecule has 51 heavy (non-hydrogen) atoms. The van der Waals surface area contributed by atoms with Crippen LogP contribution in [0.5, 0.6) is 0 Å². The molecule has 1 aliphatic rings. The smallest absolute Gasteiger partial charge is 0.0540 e. The van der Waals surface area contributed by atoms with E-state index < -0.39 is 0 Å². The second-order valence-electron chi connectivity index (χ2n) is 14.2. The Bertz CT molecular complexity index is 2770. The summed E-state index contributed by atoms with van der Waals surface area (Å²) in [5.41, 5.74) is 13.7. The first-order valence-corrected chi connectivity index (χ1v) is 18.5. The summed E-state index contributed by atoms with van der Waals surface area (Å²) in [7, 11) is 0. The first-order valence-electron chi connectivity index (χ1n) is 17.7. The van der Waals surface area contributed by atoms with Crippen LogP contribution in [0, 0.1) is 0 Å². The van der Waals surface area contributed by atoms with Crippen molar-refractivity contribution < 1.29 is 0 Å². The Labute approximate surface area is 302 Å². The van der Waals surface area contributed by atoms with E-state index in [1.807, 2.05) is 11.3 Å². The van der Waals surface area contributed by atoms with Crippen LogP contribution in [-0.2, 0) is 5.41 Å². The molecule has 0 spiro atoms. The van der Waals surface area contributed by atoms with Crippen LogP contribution in [0.4, 0.5) is 17.1 Å². The molecule has 1 aromatic heterocycles. The zero-order chi connectivity index (χ0) is 34.1. The van der Waals surface area contributed by atoms with Gasteiger partial charge in [0.2, 0.25) is 0 Å². The monoisotopic (exact) mass is 669 g/mol. The number of rotatable bonds is 5. The number of nitrogens with zero attached hydrogens (tertiary/aromatic N) is 1. The maximum absolute atomic E-state index is 2.44. The van der Waals surface area contributed by atoms with Crippen molar-refractivity contribution >= 4 is 59.3 Å². The van der Waals surface area contributed by atoms with Gasteiger partial charge in [0.05, 0.1) is 5.69 Å². The molecule has 0 radical (unpaired) electrons. The fourth-order valence-corrected chi connectivity index (χ4v) is 9.30. The first-order chi connectivity index (χ1) is 25.0. The van der Waals surface area contributed by atoms with Crippen molar-refractivity contribution in [3.05, 3.63) is 187 Å². The quantitative estimate of drug-likeness (QED) is 0.176. The van der Waals surface area contributed by atoms with E-state index in [9.17, 15) is 0 Å². The van der Waals surface area contributed by atoms with Crippen molar-refractivity contribution in [3.63, 3.8) is 0 Å². The van der Waals surface area contributed by atoms with Crippen molar-refractivity contribution in [1.82, 2.24) is 0 Å². The summed E-state index contributed by atoms with van der Waals surface area (Å²) in [6.07, 6.45) is 0. The van der Waals surface area contributed by atoms with Crippen LogP contribution >= 0.6 is 11.3 Å². The van der Waals surface area contributed by atoms with Gasteiger partial charge in [-0.3, -0.25) is 0 Å². The summed E-state index contributed by atoms with van der Waals surface area (Å²) in [5, 5.41) is 5.14. The molecule has 0 amide bonds. The highest BCUT2D eigenvalue weighted by molar-refractivity contribution is 7.25. The molecule has 0 saturated carbocycles. The molecule has 0 atom stereocenters. The van der Waals surface area contributed by atoms with Crippen molar-refractivity contribution in [2.24, 2.45) is 0 Å². The van der Waals surface area contributed by atoms with E-state index in [0.717, 1.165) is 11.4 Å². The molecule has 0 bridgehead atoms. The molecule has 0 N–H and O–H groups in total. The van der Waals surface area contributed by atoms with Crippen molar-refractivity contribution in [2.75, 3.05) is 4.90 Å². The topological polar surface area (TPSA) is 3.24 Å². The third-order valence-corrected chi connectivity index (χ3v) is 12.0. The average Bonchev–Trinajstić information content (AvgIpc) is 3.66. The van der Waals surface area contributed by atoms with Crippen LogP contribution in [0.15, 0.2) is 176 Å². The van der Waals surface area contributed by atoms with E-state index in [-0.39, 0.29) is 5.41 Å². The lowest BCUT2D eigenvalue weighted by Crippen LogP contribution is -2.16. The van der Waals surface area contributed by atoms with Gasteiger partial charge in [-0.25, -0.2) is 0 Å². The van der Waals surface area contributed by atoms with Gasteiger partial charge >= 0.3 is 0 Å². The van der Waals surface area contributed by atoms with Crippen molar-refractivity contribution in [2.45, 2.75) is 19.3 Å². The molecule has 10 rings (SSSR count). The Kier molecular flexibility index (Phi) is 6.78. The van der Waals surface area contributed by atoms with Crippen LogP contribution in [0.3, 0.4) is 0 Å². The third-order valence-electron chi connectivity index (χ3n) is 10.9. The van der Waals surface area contributed by atoms with Gasteiger partial charge in [-0.2, -0.15) is 0 Å². The molecule has 0 fully saturated rings. The van der Waals surface area contributed by atoms with E-state index in [0.29, 0.717) is 0 Å². The number of anilines is 3.